The zero-order valence-corrected chi connectivity index (χ0v) is 11.2. The van der Waals surface area contributed by atoms with Gasteiger partial charge in [-0.05, 0) is 41.9 Å². The second-order valence-corrected chi connectivity index (χ2v) is 5.47. The van der Waals surface area contributed by atoms with Gasteiger partial charge in [-0.2, -0.15) is 0 Å². The molecule has 0 radical (unpaired) electrons. The van der Waals surface area contributed by atoms with Gasteiger partial charge >= 0.3 is 0 Å². The number of nitrogens with one attached hydrogen (secondary N) is 1. The zero-order valence-electron chi connectivity index (χ0n) is 8.85. The van der Waals surface area contributed by atoms with Crippen molar-refractivity contribution in [2.45, 2.75) is 38.6 Å². The van der Waals surface area contributed by atoms with Gasteiger partial charge in [0, 0.05) is 20.8 Å². The minimum atomic E-state index is 0.639. The Hall–Kier alpha value is 0.140. The molecule has 0 fully saturated rings. The van der Waals surface area contributed by atoms with Gasteiger partial charge in [0.1, 0.15) is 0 Å². The zero-order chi connectivity index (χ0) is 10.4. The van der Waals surface area contributed by atoms with Gasteiger partial charge in [-0.15, -0.1) is 11.3 Å². The van der Waals surface area contributed by atoms with Crippen molar-refractivity contribution in [3.05, 3.63) is 20.8 Å². The van der Waals surface area contributed by atoms with Gasteiger partial charge in [-0.25, -0.2) is 0 Å². The Labute approximate surface area is 99.0 Å². The van der Waals surface area contributed by atoms with Crippen LogP contribution >= 0.6 is 27.3 Å². The van der Waals surface area contributed by atoms with Gasteiger partial charge in [0.15, 0.2) is 0 Å². The lowest BCUT2D eigenvalue weighted by atomic mass is 10.1. The molecule has 80 valence electrons. The summed E-state index contributed by atoms with van der Waals surface area (Å²) in [6.45, 7) is 2.24. The summed E-state index contributed by atoms with van der Waals surface area (Å²) >= 11 is 5.33. The highest BCUT2D eigenvalue weighted by Crippen LogP contribution is 2.21. The Morgan fingerprint density at radius 2 is 2.36 bits per heavy atom. The normalized spacial score (nSPS) is 13.1. The third-order valence-electron chi connectivity index (χ3n) is 2.38. The molecule has 1 aromatic heterocycles. The largest absolute Gasteiger partial charge is 0.317 e. The Morgan fingerprint density at radius 3 is 2.86 bits per heavy atom. The maximum absolute atomic E-state index is 3.49. The van der Waals surface area contributed by atoms with E-state index in [1.54, 1.807) is 0 Å². The van der Waals surface area contributed by atoms with Crippen LogP contribution in [0.1, 0.15) is 31.1 Å². The first-order valence-corrected chi connectivity index (χ1v) is 6.83. The molecule has 1 nitrogen and oxygen atoms in total. The standard InChI is InChI=1S/C11H18BrNS/c1-3-4-5-10(13-2)7-11-6-9(12)8-14-11/h6,8,10,13H,3-5,7H2,1-2H3. The quantitative estimate of drug-likeness (QED) is 0.832. The van der Waals surface area contributed by atoms with E-state index in [1.165, 1.54) is 28.6 Å². The summed E-state index contributed by atoms with van der Waals surface area (Å²) in [5.74, 6) is 0. The molecule has 0 saturated heterocycles. The third kappa shape index (κ3) is 4.11. The van der Waals surface area contributed by atoms with Crippen molar-refractivity contribution >= 4 is 27.3 Å². The molecular formula is C11H18BrNS. The number of thiophene rings is 1. The molecule has 1 unspecified atom stereocenters. The summed E-state index contributed by atoms with van der Waals surface area (Å²) in [5, 5.41) is 5.54. The molecule has 1 atom stereocenters. The van der Waals surface area contributed by atoms with Crippen molar-refractivity contribution in [2.75, 3.05) is 7.05 Å². The highest BCUT2D eigenvalue weighted by Gasteiger charge is 2.07. The maximum atomic E-state index is 3.49. The summed E-state index contributed by atoms with van der Waals surface area (Å²) in [7, 11) is 2.06. The van der Waals surface area contributed by atoms with E-state index in [0.717, 1.165) is 6.42 Å². The lowest BCUT2D eigenvalue weighted by Crippen LogP contribution is -2.26. The first-order valence-electron chi connectivity index (χ1n) is 5.16. The van der Waals surface area contributed by atoms with Crippen molar-refractivity contribution in [1.82, 2.24) is 5.32 Å². The molecular weight excluding hydrogens is 258 g/mol. The van der Waals surface area contributed by atoms with Crippen LogP contribution in [0.2, 0.25) is 0 Å². The van der Waals surface area contributed by atoms with Crippen LogP contribution in [-0.4, -0.2) is 13.1 Å². The van der Waals surface area contributed by atoms with Gasteiger partial charge in [0.05, 0.1) is 0 Å². The number of unbranched alkanes of at least 4 members (excludes halogenated alkanes) is 1. The molecule has 1 aromatic rings. The molecule has 0 spiro atoms. The van der Waals surface area contributed by atoms with E-state index in [-0.39, 0.29) is 0 Å². The predicted octanol–water partition coefficient (Wildman–Crippen LogP) is 3.83. The van der Waals surface area contributed by atoms with E-state index in [0.29, 0.717) is 6.04 Å². The van der Waals surface area contributed by atoms with E-state index >= 15 is 0 Å². The minimum Gasteiger partial charge on any atom is -0.317 e. The van der Waals surface area contributed by atoms with Crippen molar-refractivity contribution < 1.29 is 0 Å². The summed E-state index contributed by atoms with van der Waals surface area (Å²) in [5.41, 5.74) is 0. The van der Waals surface area contributed by atoms with Crippen molar-refractivity contribution in [3.8, 4) is 0 Å². The molecule has 1 heterocycles. The molecule has 0 saturated carbocycles. The average molecular weight is 276 g/mol. The Balaban J connectivity index is 2.40. The first kappa shape index (κ1) is 12.2. The fourth-order valence-electron chi connectivity index (χ4n) is 1.50. The third-order valence-corrected chi connectivity index (χ3v) is 4.10. The van der Waals surface area contributed by atoms with Crippen LogP contribution in [0.4, 0.5) is 0 Å². The number of rotatable bonds is 6. The summed E-state index contributed by atoms with van der Waals surface area (Å²) in [4.78, 5) is 1.47. The van der Waals surface area contributed by atoms with Crippen LogP contribution in [0.25, 0.3) is 0 Å². The Kier molecular flexibility index (Phi) is 5.75. The van der Waals surface area contributed by atoms with Crippen LogP contribution in [0.15, 0.2) is 15.9 Å². The summed E-state index contributed by atoms with van der Waals surface area (Å²) < 4.78 is 1.21. The van der Waals surface area contributed by atoms with Crippen LogP contribution in [0, 0.1) is 0 Å². The van der Waals surface area contributed by atoms with Gasteiger partial charge < -0.3 is 5.32 Å². The lowest BCUT2D eigenvalue weighted by Gasteiger charge is -2.14. The minimum absolute atomic E-state index is 0.639. The topological polar surface area (TPSA) is 12.0 Å². The van der Waals surface area contributed by atoms with E-state index in [2.05, 4.69) is 46.7 Å². The number of hydrogen-bond donors (Lipinski definition) is 1. The van der Waals surface area contributed by atoms with Crippen molar-refractivity contribution in [2.24, 2.45) is 0 Å². The Morgan fingerprint density at radius 1 is 1.57 bits per heavy atom. The highest BCUT2D eigenvalue weighted by molar-refractivity contribution is 9.10. The van der Waals surface area contributed by atoms with Crippen LogP contribution in [0.5, 0.6) is 0 Å². The predicted molar refractivity (Wildman–Crippen MR) is 68.1 cm³/mol. The summed E-state index contributed by atoms with van der Waals surface area (Å²) in [6, 6.07) is 2.86. The molecule has 1 rings (SSSR count). The van der Waals surface area contributed by atoms with E-state index < -0.39 is 0 Å². The fourth-order valence-corrected chi connectivity index (χ4v) is 3.04. The van der Waals surface area contributed by atoms with E-state index in [1.807, 2.05) is 11.3 Å². The average Bonchev–Trinajstić information content (AvgIpc) is 2.58. The number of halogens is 1. The molecule has 0 aliphatic rings. The van der Waals surface area contributed by atoms with E-state index in [4.69, 9.17) is 0 Å². The van der Waals surface area contributed by atoms with Crippen LogP contribution in [0.3, 0.4) is 0 Å². The molecule has 0 amide bonds. The summed E-state index contributed by atoms with van der Waals surface area (Å²) in [6.07, 6.45) is 5.04. The van der Waals surface area contributed by atoms with Gasteiger partial charge in [0.2, 0.25) is 0 Å². The molecule has 14 heavy (non-hydrogen) atoms. The van der Waals surface area contributed by atoms with Crippen molar-refractivity contribution in [1.29, 1.82) is 0 Å². The monoisotopic (exact) mass is 275 g/mol. The van der Waals surface area contributed by atoms with Crippen molar-refractivity contribution in [3.63, 3.8) is 0 Å². The molecule has 3 heteroatoms. The second-order valence-electron chi connectivity index (χ2n) is 3.56. The van der Waals surface area contributed by atoms with Gasteiger partial charge in [-0.1, -0.05) is 19.8 Å². The lowest BCUT2D eigenvalue weighted by molar-refractivity contribution is 0.501. The fraction of sp³-hybridized carbons (Fsp3) is 0.636. The van der Waals surface area contributed by atoms with Gasteiger partial charge in [-0.3, -0.25) is 0 Å². The highest BCUT2D eigenvalue weighted by atomic mass is 79.9. The van der Waals surface area contributed by atoms with Gasteiger partial charge in [0.25, 0.3) is 0 Å². The smallest absolute Gasteiger partial charge is 0.0285 e. The molecule has 0 aliphatic heterocycles. The number of likely N-dealkylation sites (N-methyl/N-ethyl adjacent to an activating group) is 1. The number of hydrogen-bond acceptors (Lipinski definition) is 2. The molecule has 0 bridgehead atoms. The second kappa shape index (κ2) is 6.59. The Bertz CT molecular complexity index is 260. The molecule has 0 aliphatic carbocycles. The van der Waals surface area contributed by atoms with Crippen LogP contribution in [-0.2, 0) is 6.42 Å². The maximum Gasteiger partial charge on any atom is 0.0285 e. The SMILES string of the molecule is CCCCC(Cc1cc(Br)cs1)NC. The molecule has 1 N–H and O–H groups in total. The first-order chi connectivity index (χ1) is 6.76. The van der Waals surface area contributed by atoms with E-state index in [9.17, 15) is 0 Å². The molecule has 0 aromatic carbocycles. The van der Waals surface area contributed by atoms with Crippen LogP contribution < -0.4 is 5.32 Å².